The lowest BCUT2D eigenvalue weighted by Gasteiger charge is -2.18. The van der Waals surface area contributed by atoms with Crippen LogP contribution < -0.4 is 9.64 Å². The van der Waals surface area contributed by atoms with Crippen LogP contribution in [0, 0.1) is 0 Å². The molecule has 2 aromatic carbocycles. The van der Waals surface area contributed by atoms with Gasteiger partial charge >= 0.3 is 12.3 Å². The molecule has 2 heterocycles. The van der Waals surface area contributed by atoms with Crippen LogP contribution in [-0.2, 0) is 11.2 Å². The summed E-state index contributed by atoms with van der Waals surface area (Å²) in [5.74, 6) is -0.712. The fourth-order valence-corrected chi connectivity index (χ4v) is 3.62. The summed E-state index contributed by atoms with van der Waals surface area (Å²) in [5.41, 5.74) is 2.83. The van der Waals surface area contributed by atoms with Crippen LogP contribution in [0.2, 0.25) is 0 Å². The van der Waals surface area contributed by atoms with Crippen molar-refractivity contribution in [1.82, 2.24) is 0 Å². The molecule has 0 bridgehead atoms. The van der Waals surface area contributed by atoms with Crippen molar-refractivity contribution in [2.24, 2.45) is 0 Å². The highest BCUT2D eigenvalue weighted by molar-refractivity contribution is 5.95. The maximum absolute atomic E-state index is 12.3. The van der Waals surface area contributed by atoms with E-state index in [2.05, 4.69) is 4.74 Å². The number of rotatable bonds is 4. The zero-order valence-corrected chi connectivity index (χ0v) is 14.8. The number of β-amino-alcohol motifs (C(OH)–C–C–N with tert-alkyl or cyclic N) is 1. The van der Waals surface area contributed by atoms with Crippen LogP contribution in [0.15, 0.2) is 42.5 Å². The maximum Gasteiger partial charge on any atom is 0.573 e. The Kier molecular flexibility index (Phi) is 4.66. The predicted molar refractivity (Wildman–Crippen MR) is 94.3 cm³/mol. The van der Waals surface area contributed by atoms with E-state index in [9.17, 15) is 23.1 Å². The lowest BCUT2D eigenvalue weighted by molar-refractivity contribution is -0.274. The number of cyclic esters (lactones) is 1. The molecule has 2 atom stereocenters. The molecule has 4 rings (SSSR count). The summed E-state index contributed by atoms with van der Waals surface area (Å²) in [6.45, 7) is 1.26. The fourth-order valence-electron chi connectivity index (χ4n) is 3.62. The van der Waals surface area contributed by atoms with Gasteiger partial charge in [-0.2, -0.15) is 0 Å². The summed E-state index contributed by atoms with van der Waals surface area (Å²) in [6.07, 6.45) is -4.54. The molecule has 2 aliphatic heterocycles. The normalized spacial score (nSPS) is 21.6. The SMILES string of the molecule is O=C1OC(Cc2ccc(OC(F)(F)F)cc2)c2ccc(N3CC[C@@H](O)C3)cc21. The first-order chi connectivity index (χ1) is 13.3. The fraction of sp³-hybridized carbons (Fsp3) is 0.350. The van der Waals surface area contributed by atoms with Crippen molar-refractivity contribution in [3.05, 3.63) is 59.2 Å². The number of hydrogen-bond donors (Lipinski definition) is 1. The van der Waals surface area contributed by atoms with Gasteiger partial charge in [0.05, 0.1) is 11.7 Å². The first-order valence-corrected chi connectivity index (χ1v) is 8.91. The summed E-state index contributed by atoms with van der Waals surface area (Å²) in [7, 11) is 0. The Balaban J connectivity index is 1.49. The highest BCUT2D eigenvalue weighted by Gasteiger charge is 2.33. The molecule has 1 N–H and O–H groups in total. The Morgan fingerprint density at radius 3 is 2.57 bits per heavy atom. The van der Waals surface area contributed by atoms with E-state index in [0.717, 1.165) is 23.4 Å². The van der Waals surface area contributed by atoms with Gasteiger partial charge in [0.1, 0.15) is 11.9 Å². The molecular weight excluding hydrogens is 375 g/mol. The number of ether oxygens (including phenoxy) is 2. The topological polar surface area (TPSA) is 59.0 Å². The Labute approximate surface area is 159 Å². The largest absolute Gasteiger partial charge is 0.573 e. The molecular formula is C20H18F3NO4. The molecule has 8 heteroatoms. The molecule has 0 aromatic heterocycles. The Morgan fingerprint density at radius 2 is 1.93 bits per heavy atom. The molecule has 1 unspecified atom stereocenters. The van der Waals surface area contributed by atoms with Gasteiger partial charge in [-0.15, -0.1) is 13.2 Å². The average molecular weight is 393 g/mol. The second-order valence-corrected chi connectivity index (χ2v) is 6.95. The molecule has 2 aromatic rings. The van der Waals surface area contributed by atoms with E-state index < -0.39 is 18.4 Å². The quantitative estimate of drug-likeness (QED) is 0.805. The van der Waals surface area contributed by atoms with Gasteiger partial charge in [0.25, 0.3) is 0 Å². The predicted octanol–water partition coefficient (Wildman–Crippen LogP) is 3.61. The molecule has 0 aliphatic carbocycles. The van der Waals surface area contributed by atoms with Crippen molar-refractivity contribution in [2.45, 2.75) is 31.4 Å². The molecule has 2 aliphatic rings. The summed E-state index contributed by atoms with van der Waals surface area (Å²) in [4.78, 5) is 14.3. The number of carbonyl (C=O) groups excluding carboxylic acids is 1. The number of aliphatic hydroxyl groups excluding tert-OH is 1. The molecule has 0 saturated carbocycles. The van der Waals surface area contributed by atoms with Crippen molar-refractivity contribution < 1.29 is 32.5 Å². The van der Waals surface area contributed by atoms with Gasteiger partial charge < -0.3 is 19.5 Å². The van der Waals surface area contributed by atoms with Crippen LogP contribution in [0.4, 0.5) is 18.9 Å². The summed E-state index contributed by atoms with van der Waals surface area (Å²) >= 11 is 0. The van der Waals surface area contributed by atoms with Crippen LogP contribution in [0.3, 0.4) is 0 Å². The number of aliphatic hydroxyl groups is 1. The Bertz CT molecular complexity index is 882. The van der Waals surface area contributed by atoms with Gasteiger partial charge in [0.2, 0.25) is 0 Å². The minimum Gasteiger partial charge on any atom is -0.454 e. The van der Waals surface area contributed by atoms with E-state index in [1.54, 1.807) is 6.07 Å². The van der Waals surface area contributed by atoms with Gasteiger partial charge in [-0.1, -0.05) is 18.2 Å². The van der Waals surface area contributed by atoms with E-state index in [-0.39, 0.29) is 11.9 Å². The summed E-state index contributed by atoms with van der Waals surface area (Å²) in [6, 6.07) is 11.0. The van der Waals surface area contributed by atoms with Crippen LogP contribution in [-0.4, -0.2) is 36.6 Å². The Morgan fingerprint density at radius 1 is 1.18 bits per heavy atom. The monoisotopic (exact) mass is 393 g/mol. The van der Waals surface area contributed by atoms with E-state index >= 15 is 0 Å². The third-order valence-electron chi connectivity index (χ3n) is 4.96. The molecule has 28 heavy (non-hydrogen) atoms. The van der Waals surface area contributed by atoms with Crippen molar-refractivity contribution in [1.29, 1.82) is 0 Å². The zero-order chi connectivity index (χ0) is 19.9. The number of halogens is 3. The molecule has 0 radical (unpaired) electrons. The van der Waals surface area contributed by atoms with Gasteiger partial charge in [0.15, 0.2) is 0 Å². The third kappa shape index (κ3) is 3.91. The van der Waals surface area contributed by atoms with Gasteiger partial charge in [-0.3, -0.25) is 0 Å². The van der Waals surface area contributed by atoms with E-state index in [1.165, 1.54) is 24.3 Å². The van der Waals surface area contributed by atoms with Crippen molar-refractivity contribution in [2.75, 3.05) is 18.0 Å². The first-order valence-electron chi connectivity index (χ1n) is 8.91. The maximum atomic E-state index is 12.3. The Hall–Kier alpha value is -2.74. The minimum atomic E-state index is -4.73. The smallest absolute Gasteiger partial charge is 0.454 e. The standard InChI is InChI=1S/C20H18F3NO4/c21-20(22,23)28-15-4-1-12(2-5-15)9-18-16-6-3-13(10-17(16)19(26)27-18)24-8-7-14(25)11-24/h1-6,10,14,18,25H,7-9,11H2/t14-,18?/m1/s1. The van der Waals surface area contributed by atoms with Crippen LogP contribution >= 0.6 is 0 Å². The number of benzene rings is 2. The van der Waals surface area contributed by atoms with Crippen molar-refractivity contribution >= 4 is 11.7 Å². The molecule has 0 spiro atoms. The molecule has 0 amide bonds. The minimum absolute atomic E-state index is 0.294. The van der Waals surface area contributed by atoms with Crippen LogP contribution in [0.1, 0.15) is 34.0 Å². The van der Waals surface area contributed by atoms with Crippen molar-refractivity contribution in [3.8, 4) is 5.75 Å². The summed E-state index contributed by atoms with van der Waals surface area (Å²) < 4.78 is 46.1. The van der Waals surface area contributed by atoms with E-state index in [0.29, 0.717) is 24.9 Å². The number of hydrogen-bond acceptors (Lipinski definition) is 5. The second kappa shape index (κ2) is 7.01. The van der Waals surface area contributed by atoms with E-state index in [1.807, 2.05) is 17.0 Å². The number of nitrogens with zero attached hydrogens (tertiary/aromatic N) is 1. The number of carbonyl (C=O) groups is 1. The lowest BCUT2D eigenvalue weighted by Crippen LogP contribution is -2.21. The molecule has 1 fully saturated rings. The number of alkyl halides is 3. The number of anilines is 1. The van der Waals surface area contributed by atoms with E-state index in [4.69, 9.17) is 4.74 Å². The second-order valence-electron chi connectivity index (χ2n) is 6.95. The lowest BCUT2D eigenvalue weighted by atomic mass is 9.98. The first kappa shape index (κ1) is 18.6. The third-order valence-corrected chi connectivity index (χ3v) is 4.96. The highest BCUT2D eigenvalue weighted by Crippen LogP contribution is 2.36. The molecule has 148 valence electrons. The zero-order valence-electron chi connectivity index (χ0n) is 14.8. The van der Waals surface area contributed by atoms with Crippen molar-refractivity contribution in [3.63, 3.8) is 0 Å². The average Bonchev–Trinajstić information content (AvgIpc) is 3.19. The van der Waals surface area contributed by atoms with Gasteiger partial charge in [-0.05, 0) is 36.2 Å². The van der Waals surface area contributed by atoms with Gasteiger partial charge in [0, 0.05) is 30.8 Å². The number of esters is 1. The molecule has 1 saturated heterocycles. The molecule has 5 nitrogen and oxygen atoms in total. The van der Waals surface area contributed by atoms with Gasteiger partial charge in [-0.25, -0.2) is 4.79 Å². The van der Waals surface area contributed by atoms with Crippen LogP contribution in [0.25, 0.3) is 0 Å². The van der Waals surface area contributed by atoms with Crippen LogP contribution in [0.5, 0.6) is 5.75 Å². The number of fused-ring (bicyclic) bond motifs is 1. The summed E-state index contributed by atoms with van der Waals surface area (Å²) in [5, 5.41) is 9.69. The highest BCUT2D eigenvalue weighted by atomic mass is 19.4.